The van der Waals surface area contributed by atoms with Gasteiger partial charge in [0, 0.05) is 0 Å². The first-order valence-electron chi connectivity index (χ1n) is 3.19. The standard InChI is InChI=1S/C6H12IN/c1-6(7)8-4-2-3-5-8/h6H,2-5H2,1H3. The molecule has 1 nitrogen and oxygen atoms in total. The van der Waals surface area contributed by atoms with E-state index in [9.17, 15) is 0 Å². The van der Waals surface area contributed by atoms with Gasteiger partial charge >= 0.3 is 0 Å². The van der Waals surface area contributed by atoms with Gasteiger partial charge in [-0.1, -0.05) is 22.6 Å². The lowest BCUT2D eigenvalue weighted by Gasteiger charge is -2.16. The highest BCUT2D eigenvalue weighted by Crippen LogP contribution is 2.14. The third kappa shape index (κ3) is 1.58. The highest BCUT2D eigenvalue weighted by molar-refractivity contribution is 14.1. The first kappa shape index (κ1) is 6.81. The number of hydrogen-bond donors (Lipinski definition) is 0. The lowest BCUT2D eigenvalue weighted by atomic mass is 10.4. The van der Waals surface area contributed by atoms with Crippen LogP contribution in [-0.2, 0) is 0 Å². The molecule has 0 aliphatic carbocycles. The number of halogens is 1. The summed E-state index contributed by atoms with van der Waals surface area (Å²) in [6, 6.07) is 0. The molecule has 0 aromatic carbocycles. The summed E-state index contributed by atoms with van der Waals surface area (Å²) in [6.45, 7) is 4.90. The van der Waals surface area contributed by atoms with Crippen molar-refractivity contribution >= 4 is 22.6 Å². The van der Waals surface area contributed by atoms with Gasteiger partial charge in [0.2, 0.25) is 0 Å². The van der Waals surface area contributed by atoms with Crippen LogP contribution >= 0.6 is 22.6 Å². The third-order valence-corrected chi connectivity index (χ3v) is 2.43. The van der Waals surface area contributed by atoms with Gasteiger partial charge in [-0.3, -0.25) is 4.90 Å². The fourth-order valence-corrected chi connectivity index (χ4v) is 1.65. The molecular formula is C6H12IN. The molecule has 0 radical (unpaired) electrons. The Bertz CT molecular complexity index is 66.9. The Morgan fingerprint density at radius 3 is 2.12 bits per heavy atom. The van der Waals surface area contributed by atoms with E-state index in [2.05, 4.69) is 34.4 Å². The molecule has 0 spiro atoms. The normalized spacial score (nSPS) is 26.2. The number of alkyl halides is 1. The van der Waals surface area contributed by atoms with Crippen molar-refractivity contribution in [3.8, 4) is 0 Å². The van der Waals surface area contributed by atoms with Gasteiger partial charge in [0.15, 0.2) is 0 Å². The molecule has 0 amide bonds. The monoisotopic (exact) mass is 225 g/mol. The molecule has 0 saturated carbocycles. The van der Waals surface area contributed by atoms with Crippen molar-refractivity contribution in [2.45, 2.75) is 23.8 Å². The highest BCUT2D eigenvalue weighted by atomic mass is 127. The van der Waals surface area contributed by atoms with E-state index in [-0.39, 0.29) is 0 Å². The molecular weight excluding hydrogens is 213 g/mol. The summed E-state index contributed by atoms with van der Waals surface area (Å²) in [5.74, 6) is 0. The lowest BCUT2D eigenvalue weighted by Crippen LogP contribution is -2.24. The molecule has 0 aromatic heterocycles. The van der Waals surface area contributed by atoms with Gasteiger partial charge in [0.05, 0.1) is 4.05 Å². The Hall–Kier alpha value is 0.690. The molecule has 8 heavy (non-hydrogen) atoms. The van der Waals surface area contributed by atoms with Crippen molar-refractivity contribution in [3.63, 3.8) is 0 Å². The van der Waals surface area contributed by atoms with Gasteiger partial charge in [-0.05, 0) is 32.9 Å². The first-order valence-corrected chi connectivity index (χ1v) is 4.43. The van der Waals surface area contributed by atoms with E-state index < -0.39 is 0 Å². The topological polar surface area (TPSA) is 3.24 Å². The summed E-state index contributed by atoms with van der Waals surface area (Å²) in [5.41, 5.74) is 0. The van der Waals surface area contributed by atoms with Gasteiger partial charge in [-0.2, -0.15) is 0 Å². The zero-order chi connectivity index (χ0) is 5.98. The SMILES string of the molecule is CC(I)N1CCCC1. The summed E-state index contributed by atoms with van der Waals surface area (Å²) >= 11 is 2.47. The van der Waals surface area contributed by atoms with Crippen molar-refractivity contribution in [2.24, 2.45) is 0 Å². The van der Waals surface area contributed by atoms with E-state index in [1.807, 2.05) is 0 Å². The van der Waals surface area contributed by atoms with Crippen molar-refractivity contribution in [3.05, 3.63) is 0 Å². The average Bonchev–Trinajstić information content (AvgIpc) is 2.12. The largest absolute Gasteiger partial charge is 0.292 e. The molecule has 1 rings (SSSR count). The van der Waals surface area contributed by atoms with E-state index in [1.54, 1.807) is 0 Å². The molecule has 0 aromatic rings. The summed E-state index contributed by atoms with van der Waals surface area (Å²) < 4.78 is 0.745. The molecule has 0 bridgehead atoms. The van der Waals surface area contributed by atoms with Gasteiger partial charge in [-0.25, -0.2) is 0 Å². The van der Waals surface area contributed by atoms with E-state index in [0.29, 0.717) is 0 Å². The molecule has 1 atom stereocenters. The Balaban J connectivity index is 2.24. The minimum Gasteiger partial charge on any atom is -0.292 e. The quantitative estimate of drug-likeness (QED) is 0.374. The third-order valence-electron chi connectivity index (χ3n) is 1.64. The number of nitrogens with zero attached hydrogens (tertiary/aromatic N) is 1. The maximum atomic E-state index is 2.51. The molecule has 1 aliphatic rings. The van der Waals surface area contributed by atoms with Crippen molar-refractivity contribution in [1.82, 2.24) is 4.90 Å². The zero-order valence-corrected chi connectivity index (χ0v) is 7.39. The first-order chi connectivity index (χ1) is 3.80. The van der Waals surface area contributed by atoms with Crippen molar-refractivity contribution in [1.29, 1.82) is 0 Å². The number of rotatable bonds is 1. The highest BCUT2D eigenvalue weighted by Gasteiger charge is 2.14. The van der Waals surface area contributed by atoms with E-state index in [0.717, 1.165) is 4.05 Å². The Labute approximate surface area is 64.6 Å². The van der Waals surface area contributed by atoms with Gasteiger partial charge in [0.1, 0.15) is 0 Å². The van der Waals surface area contributed by atoms with Crippen LogP contribution in [0, 0.1) is 0 Å². The lowest BCUT2D eigenvalue weighted by molar-refractivity contribution is 0.344. The number of hydrogen-bond acceptors (Lipinski definition) is 1. The average molecular weight is 225 g/mol. The second-order valence-electron chi connectivity index (χ2n) is 2.32. The second kappa shape index (κ2) is 3.01. The van der Waals surface area contributed by atoms with Crippen LogP contribution in [0.2, 0.25) is 0 Å². The predicted octanol–water partition coefficient (Wildman–Crippen LogP) is 1.86. The maximum Gasteiger partial charge on any atom is 0.0589 e. The van der Waals surface area contributed by atoms with E-state index in [1.165, 1.54) is 25.9 Å². The molecule has 2 heteroatoms. The summed E-state index contributed by atoms with van der Waals surface area (Å²) in [7, 11) is 0. The zero-order valence-electron chi connectivity index (χ0n) is 5.23. The molecule has 0 N–H and O–H groups in total. The molecule has 1 heterocycles. The van der Waals surface area contributed by atoms with Crippen LogP contribution in [-0.4, -0.2) is 22.0 Å². The molecule has 1 fully saturated rings. The van der Waals surface area contributed by atoms with E-state index >= 15 is 0 Å². The second-order valence-corrected chi connectivity index (χ2v) is 4.12. The van der Waals surface area contributed by atoms with Crippen molar-refractivity contribution in [2.75, 3.05) is 13.1 Å². The molecule has 1 aliphatic heterocycles. The minimum atomic E-state index is 0.745. The molecule has 48 valence electrons. The summed E-state index contributed by atoms with van der Waals surface area (Å²) in [6.07, 6.45) is 2.82. The van der Waals surface area contributed by atoms with Crippen LogP contribution in [0.3, 0.4) is 0 Å². The molecule has 1 saturated heterocycles. The van der Waals surface area contributed by atoms with Gasteiger partial charge in [-0.15, -0.1) is 0 Å². The van der Waals surface area contributed by atoms with Gasteiger partial charge < -0.3 is 0 Å². The van der Waals surface area contributed by atoms with Crippen LogP contribution < -0.4 is 0 Å². The summed E-state index contributed by atoms with van der Waals surface area (Å²) in [5, 5.41) is 0. The van der Waals surface area contributed by atoms with E-state index in [4.69, 9.17) is 0 Å². The van der Waals surface area contributed by atoms with Crippen LogP contribution in [0.1, 0.15) is 19.8 Å². The fourth-order valence-electron chi connectivity index (χ4n) is 1.10. The van der Waals surface area contributed by atoms with Crippen LogP contribution in [0.5, 0.6) is 0 Å². The Kier molecular flexibility index (Phi) is 2.56. The van der Waals surface area contributed by atoms with Gasteiger partial charge in [0.25, 0.3) is 0 Å². The molecule has 1 unspecified atom stereocenters. The number of likely N-dealkylation sites (tertiary alicyclic amines) is 1. The van der Waals surface area contributed by atoms with Crippen LogP contribution in [0.4, 0.5) is 0 Å². The van der Waals surface area contributed by atoms with Crippen LogP contribution in [0.25, 0.3) is 0 Å². The fraction of sp³-hybridized carbons (Fsp3) is 1.00. The minimum absolute atomic E-state index is 0.745. The smallest absolute Gasteiger partial charge is 0.0589 e. The van der Waals surface area contributed by atoms with Crippen molar-refractivity contribution < 1.29 is 0 Å². The maximum absolute atomic E-state index is 2.51. The predicted molar refractivity (Wildman–Crippen MR) is 44.3 cm³/mol. The summed E-state index contributed by atoms with van der Waals surface area (Å²) in [4.78, 5) is 2.51. The Morgan fingerprint density at radius 1 is 1.38 bits per heavy atom. The Morgan fingerprint density at radius 2 is 1.88 bits per heavy atom. The van der Waals surface area contributed by atoms with Crippen LogP contribution in [0.15, 0.2) is 0 Å².